The minimum Gasteiger partial charge on any atom is -0.366 e. The fraction of sp³-hybridized carbons (Fsp3) is 0.231. The molecule has 1 saturated heterocycles. The largest absolute Gasteiger partial charge is 0.366 e. The van der Waals surface area contributed by atoms with Crippen molar-refractivity contribution in [2.24, 2.45) is 0 Å². The summed E-state index contributed by atoms with van der Waals surface area (Å²) in [5, 5.41) is 0. The first kappa shape index (κ1) is 20.2. The summed E-state index contributed by atoms with van der Waals surface area (Å²) in [5.41, 5.74) is 5.74. The summed E-state index contributed by atoms with van der Waals surface area (Å²) in [4.78, 5) is 22.4. The highest BCUT2D eigenvalue weighted by Crippen LogP contribution is 2.28. The zero-order chi connectivity index (χ0) is 22.2. The summed E-state index contributed by atoms with van der Waals surface area (Å²) in [6.07, 6.45) is 1.96. The Morgan fingerprint density at radius 1 is 0.875 bits per heavy atom. The molecule has 5 rings (SSSR count). The van der Waals surface area contributed by atoms with Crippen molar-refractivity contribution in [1.29, 1.82) is 0 Å². The molecule has 0 saturated carbocycles. The van der Waals surface area contributed by atoms with E-state index in [9.17, 15) is 9.18 Å². The predicted molar refractivity (Wildman–Crippen MR) is 125 cm³/mol. The van der Waals surface area contributed by atoms with Crippen LogP contribution in [-0.2, 0) is 0 Å². The molecule has 0 N–H and O–H groups in total. The van der Waals surface area contributed by atoms with Crippen molar-refractivity contribution in [3.63, 3.8) is 0 Å². The Labute approximate surface area is 186 Å². The topological polar surface area (TPSA) is 40.9 Å². The summed E-state index contributed by atoms with van der Waals surface area (Å²) in [6, 6.07) is 18.8. The molecule has 6 heteroatoms. The minimum absolute atomic E-state index is 0.0492. The second-order valence-corrected chi connectivity index (χ2v) is 8.34. The van der Waals surface area contributed by atoms with Gasteiger partial charge in [-0.05, 0) is 37.6 Å². The first-order chi connectivity index (χ1) is 15.5. The highest BCUT2D eigenvalue weighted by Gasteiger charge is 2.28. The second-order valence-electron chi connectivity index (χ2n) is 8.34. The number of pyridine rings is 1. The molecule has 1 aliphatic rings. The second kappa shape index (κ2) is 8.11. The number of aromatic nitrogens is 2. The molecule has 162 valence electrons. The van der Waals surface area contributed by atoms with Crippen molar-refractivity contribution in [2.45, 2.75) is 13.8 Å². The Morgan fingerprint density at radius 2 is 1.56 bits per heavy atom. The van der Waals surface area contributed by atoms with Crippen molar-refractivity contribution in [1.82, 2.24) is 14.3 Å². The fourth-order valence-corrected chi connectivity index (χ4v) is 4.28. The van der Waals surface area contributed by atoms with Gasteiger partial charge in [-0.1, -0.05) is 48.0 Å². The standard InChI is InChI=1S/C26H25FN4O/c1-18-7-10-20(11-8-18)24-25(31-17-19(2)9-12-23(31)28-24)26(32)30-15-13-29(14-16-30)22-6-4-3-5-21(22)27/h3-12,17H,13-16H2,1-2H3. The van der Waals surface area contributed by atoms with Crippen LogP contribution in [0.5, 0.6) is 0 Å². The molecule has 1 aliphatic heterocycles. The molecule has 1 amide bonds. The number of hydrogen-bond donors (Lipinski definition) is 0. The highest BCUT2D eigenvalue weighted by molar-refractivity contribution is 6.00. The van der Waals surface area contributed by atoms with E-state index in [4.69, 9.17) is 4.98 Å². The molecule has 2 aromatic heterocycles. The smallest absolute Gasteiger partial charge is 0.273 e. The Kier molecular flexibility index (Phi) is 5.13. The lowest BCUT2D eigenvalue weighted by molar-refractivity contribution is 0.0740. The van der Waals surface area contributed by atoms with Crippen molar-refractivity contribution in [2.75, 3.05) is 31.1 Å². The number of imidazole rings is 1. The van der Waals surface area contributed by atoms with E-state index in [1.54, 1.807) is 12.1 Å². The number of aryl methyl sites for hydroxylation is 2. The summed E-state index contributed by atoms with van der Waals surface area (Å²) in [7, 11) is 0. The number of piperazine rings is 1. The van der Waals surface area contributed by atoms with Gasteiger partial charge in [0.15, 0.2) is 0 Å². The number of hydrogen-bond acceptors (Lipinski definition) is 3. The van der Waals surface area contributed by atoms with Gasteiger partial charge in [-0.2, -0.15) is 0 Å². The van der Waals surface area contributed by atoms with E-state index in [0.29, 0.717) is 43.3 Å². The van der Waals surface area contributed by atoms with Gasteiger partial charge in [0.1, 0.15) is 22.9 Å². The Balaban J connectivity index is 1.48. The number of rotatable bonds is 3. The molecule has 0 unspecified atom stereocenters. The maximum absolute atomic E-state index is 14.2. The minimum atomic E-state index is -0.230. The van der Waals surface area contributed by atoms with Gasteiger partial charge in [0.05, 0.1) is 5.69 Å². The van der Waals surface area contributed by atoms with Crippen molar-refractivity contribution < 1.29 is 9.18 Å². The third kappa shape index (κ3) is 3.62. The van der Waals surface area contributed by atoms with Gasteiger partial charge < -0.3 is 9.80 Å². The van der Waals surface area contributed by atoms with Gasteiger partial charge in [-0.15, -0.1) is 0 Å². The van der Waals surface area contributed by atoms with Crippen LogP contribution in [0.2, 0.25) is 0 Å². The van der Waals surface area contributed by atoms with Crippen molar-refractivity contribution >= 4 is 17.2 Å². The number of fused-ring (bicyclic) bond motifs is 1. The van der Waals surface area contributed by atoms with Crippen LogP contribution in [-0.4, -0.2) is 46.4 Å². The van der Waals surface area contributed by atoms with E-state index in [-0.39, 0.29) is 11.7 Å². The predicted octanol–water partition coefficient (Wildman–Crippen LogP) is 4.72. The van der Waals surface area contributed by atoms with Gasteiger partial charge in [-0.25, -0.2) is 9.37 Å². The summed E-state index contributed by atoms with van der Waals surface area (Å²) in [6.45, 7) is 6.27. The zero-order valence-electron chi connectivity index (χ0n) is 18.3. The van der Waals surface area contributed by atoms with Gasteiger partial charge >= 0.3 is 0 Å². The number of amides is 1. The molecule has 32 heavy (non-hydrogen) atoms. The maximum atomic E-state index is 14.2. The van der Waals surface area contributed by atoms with Crippen molar-refractivity contribution in [3.05, 3.63) is 89.5 Å². The number of halogens is 1. The number of carbonyl (C=O) groups is 1. The molecule has 0 spiro atoms. The van der Waals surface area contributed by atoms with Gasteiger partial charge in [0, 0.05) is 37.9 Å². The quantitative estimate of drug-likeness (QED) is 0.474. The van der Waals surface area contributed by atoms with Crippen molar-refractivity contribution in [3.8, 4) is 11.3 Å². The van der Waals surface area contributed by atoms with E-state index in [1.807, 2.05) is 76.7 Å². The first-order valence-corrected chi connectivity index (χ1v) is 10.9. The van der Waals surface area contributed by atoms with E-state index < -0.39 is 0 Å². The van der Waals surface area contributed by atoms with Gasteiger partial charge in [0.25, 0.3) is 5.91 Å². The molecule has 4 aromatic rings. The SMILES string of the molecule is Cc1ccc(-c2nc3ccc(C)cn3c2C(=O)N2CCN(c3ccccc3F)CC2)cc1. The molecule has 0 radical (unpaired) electrons. The highest BCUT2D eigenvalue weighted by atomic mass is 19.1. The van der Waals surface area contributed by atoms with Crippen LogP contribution in [0.4, 0.5) is 10.1 Å². The lowest BCUT2D eigenvalue weighted by atomic mass is 10.1. The fourth-order valence-electron chi connectivity index (χ4n) is 4.28. The average Bonchev–Trinajstić information content (AvgIpc) is 3.18. The van der Waals surface area contributed by atoms with Crippen LogP contribution < -0.4 is 4.90 Å². The summed E-state index contributed by atoms with van der Waals surface area (Å²) in [5.74, 6) is -0.280. The molecule has 0 atom stereocenters. The Hall–Kier alpha value is -3.67. The monoisotopic (exact) mass is 428 g/mol. The molecule has 0 bridgehead atoms. The van der Waals surface area contributed by atoms with E-state index >= 15 is 0 Å². The van der Waals surface area contributed by atoms with E-state index in [1.165, 1.54) is 6.07 Å². The van der Waals surface area contributed by atoms with E-state index in [2.05, 4.69) is 0 Å². The van der Waals surface area contributed by atoms with E-state index in [0.717, 1.165) is 22.3 Å². The van der Waals surface area contributed by atoms with Gasteiger partial charge in [-0.3, -0.25) is 9.20 Å². The van der Waals surface area contributed by atoms with Crippen LogP contribution in [0.15, 0.2) is 66.9 Å². The number of carbonyl (C=O) groups excluding carboxylic acids is 1. The first-order valence-electron chi connectivity index (χ1n) is 10.9. The average molecular weight is 429 g/mol. The summed E-state index contributed by atoms with van der Waals surface area (Å²) < 4.78 is 16.1. The third-order valence-corrected chi connectivity index (χ3v) is 6.05. The molecule has 0 aliphatic carbocycles. The number of para-hydroxylation sites is 1. The number of anilines is 1. The molecule has 2 aromatic carbocycles. The van der Waals surface area contributed by atoms with Crippen LogP contribution in [0.3, 0.4) is 0 Å². The lowest BCUT2D eigenvalue weighted by Gasteiger charge is -2.36. The lowest BCUT2D eigenvalue weighted by Crippen LogP contribution is -2.49. The maximum Gasteiger partial charge on any atom is 0.273 e. The number of benzene rings is 2. The molecule has 1 fully saturated rings. The third-order valence-electron chi connectivity index (χ3n) is 6.05. The van der Waals surface area contributed by atoms with Crippen LogP contribution in [0.1, 0.15) is 21.6 Å². The summed E-state index contributed by atoms with van der Waals surface area (Å²) >= 11 is 0. The zero-order valence-corrected chi connectivity index (χ0v) is 18.3. The normalized spacial score (nSPS) is 14.2. The Morgan fingerprint density at radius 3 is 2.28 bits per heavy atom. The van der Waals surface area contributed by atoms with Gasteiger partial charge in [0.2, 0.25) is 0 Å². The number of nitrogens with zero attached hydrogens (tertiary/aromatic N) is 4. The van der Waals surface area contributed by atoms with Crippen LogP contribution in [0.25, 0.3) is 16.9 Å². The molecular weight excluding hydrogens is 403 g/mol. The van der Waals surface area contributed by atoms with Crippen LogP contribution in [0, 0.1) is 19.7 Å². The Bertz CT molecular complexity index is 1290. The molecular formula is C26H25FN4O. The molecule has 5 nitrogen and oxygen atoms in total. The van der Waals surface area contributed by atoms with Crippen LogP contribution >= 0.6 is 0 Å². The molecule has 3 heterocycles.